The Morgan fingerprint density at radius 2 is 2.20 bits per heavy atom. The molecular weight excluding hydrogens is 204 g/mol. The van der Waals surface area contributed by atoms with E-state index in [0.29, 0.717) is 6.04 Å². The average molecular weight is 222 g/mol. The number of thioether (sulfide) groups is 1. The summed E-state index contributed by atoms with van der Waals surface area (Å²) >= 11 is 2.04. The fourth-order valence-electron chi connectivity index (χ4n) is 2.10. The zero-order chi connectivity index (χ0) is 10.5. The molecule has 1 aromatic carbocycles. The third-order valence-corrected chi connectivity index (χ3v) is 4.23. The van der Waals surface area contributed by atoms with Crippen molar-refractivity contribution in [2.75, 3.05) is 11.5 Å². The van der Waals surface area contributed by atoms with Gasteiger partial charge in [0.15, 0.2) is 0 Å². The van der Waals surface area contributed by atoms with Crippen LogP contribution in [0, 0.1) is 5.92 Å². The van der Waals surface area contributed by atoms with E-state index in [2.05, 4.69) is 35.8 Å². The number of hydrogen-bond donors (Lipinski definition) is 2. The maximum absolute atomic E-state index is 5.64. The van der Waals surface area contributed by atoms with Crippen LogP contribution in [0.3, 0.4) is 0 Å². The quantitative estimate of drug-likeness (QED) is 0.603. The van der Waals surface area contributed by atoms with Gasteiger partial charge >= 0.3 is 0 Å². The van der Waals surface area contributed by atoms with Gasteiger partial charge in [-0.2, -0.15) is 11.8 Å². The largest absolute Gasteiger partial charge is 0.271 e. The molecule has 0 spiro atoms. The van der Waals surface area contributed by atoms with E-state index in [0.717, 1.165) is 12.3 Å². The van der Waals surface area contributed by atoms with Crippen molar-refractivity contribution >= 4 is 11.8 Å². The summed E-state index contributed by atoms with van der Waals surface area (Å²) in [7, 11) is 0. The lowest BCUT2D eigenvalue weighted by Gasteiger charge is -2.21. The molecule has 2 atom stereocenters. The Hall–Kier alpha value is -0.510. The maximum Gasteiger partial charge on any atom is 0.0287 e. The molecule has 15 heavy (non-hydrogen) atoms. The molecule has 1 fully saturated rings. The molecule has 0 amide bonds. The smallest absolute Gasteiger partial charge is 0.0287 e. The van der Waals surface area contributed by atoms with E-state index >= 15 is 0 Å². The van der Waals surface area contributed by atoms with E-state index in [1.165, 1.54) is 23.5 Å². The molecule has 0 aliphatic carbocycles. The van der Waals surface area contributed by atoms with E-state index in [-0.39, 0.29) is 0 Å². The van der Waals surface area contributed by atoms with Crippen LogP contribution < -0.4 is 11.3 Å². The number of rotatable bonds is 4. The molecule has 1 saturated heterocycles. The van der Waals surface area contributed by atoms with Crippen LogP contribution in [-0.4, -0.2) is 17.5 Å². The van der Waals surface area contributed by atoms with Gasteiger partial charge in [0.25, 0.3) is 0 Å². The Labute approximate surface area is 95.6 Å². The molecule has 2 rings (SSSR count). The summed E-state index contributed by atoms with van der Waals surface area (Å²) in [6.07, 6.45) is 2.34. The maximum atomic E-state index is 5.64. The lowest BCUT2D eigenvalue weighted by molar-refractivity contribution is 0.386. The van der Waals surface area contributed by atoms with Crippen LogP contribution in [-0.2, 0) is 6.42 Å². The fraction of sp³-hybridized carbons (Fsp3) is 0.500. The molecule has 82 valence electrons. The summed E-state index contributed by atoms with van der Waals surface area (Å²) in [4.78, 5) is 0. The minimum Gasteiger partial charge on any atom is -0.271 e. The van der Waals surface area contributed by atoms with Gasteiger partial charge in [-0.05, 0) is 35.8 Å². The molecule has 3 heteroatoms. The van der Waals surface area contributed by atoms with Gasteiger partial charge in [0, 0.05) is 6.04 Å². The number of hydrazine groups is 1. The highest BCUT2D eigenvalue weighted by Crippen LogP contribution is 2.27. The van der Waals surface area contributed by atoms with E-state index in [1.807, 2.05) is 11.8 Å². The standard InChI is InChI=1S/C12H18N2S/c13-14-12(11-6-7-15-9-11)8-10-4-2-1-3-5-10/h1-5,11-12,14H,6-9,13H2. The first kappa shape index (κ1) is 11.0. The highest BCUT2D eigenvalue weighted by atomic mass is 32.2. The van der Waals surface area contributed by atoms with Crippen molar-refractivity contribution in [3.05, 3.63) is 35.9 Å². The lowest BCUT2D eigenvalue weighted by atomic mass is 9.93. The SMILES string of the molecule is NNC(Cc1ccccc1)C1CCSC1. The molecule has 2 unspecified atom stereocenters. The number of hydrogen-bond acceptors (Lipinski definition) is 3. The molecule has 1 aliphatic rings. The molecule has 0 bridgehead atoms. The van der Waals surface area contributed by atoms with Crippen molar-refractivity contribution in [3.63, 3.8) is 0 Å². The van der Waals surface area contributed by atoms with Gasteiger partial charge in [-0.15, -0.1) is 0 Å². The second-order valence-electron chi connectivity index (χ2n) is 4.09. The number of nitrogens with two attached hydrogens (primary N) is 1. The summed E-state index contributed by atoms with van der Waals surface area (Å²) in [6.45, 7) is 0. The first-order valence-corrected chi connectivity index (χ1v) is 6.63. The Morgan fingerprint density at radius 3 is 2.80 bits per heavy atom. The minimum atomic E-state index is 0.433. The van der Waals surface area contributed by atoms with Crippen LogP contribution in [0.2, 0.25) is 0 Å². The highest BCUT2D eigenvalue weighted by molar-refractivity contribution is 7.99. The Morgan fingerprint density at radius 1 is 1.40 bits per heavy atom. The molecule has 0 saturated carbocycles. The van der Waals surface area contributed by atoms with Gasteiger partial charge in [0.05, 0.1) is 0 Å². The summed E-state index contributed by atoms with van der Waals surface area (Å²) in [5.74, 6) is 8.92. The van der Waals surface area contributed by atoms with E-state index in [4.69, 9.17) is 5.84 Å². The zero-order valence-electron chi connectivity index (χ0n) is 8.86. The first-order chi connectivity index (χ1) is 7.40. The summed E-state index contributed by atoms with van der Waals surface area (Å²) in [6, 6.07) is 11.0. The molecule has 1 heterocycles. The molecule has 2 nitrogen and oxygen atoms in total. The third-order valence-electron chi connectivity index (χ3n) is 3.05. The molecule has 0 aromatic heterocycles. The minimum absolute atomic E-state index is 0.433. The third kappa shape index (κ3) is 2.97. The van der Waals surface area contributed by atoms with Crippen LogP contribution in [0.5, 0.6) is 0 Å². The van der Waals surface area contributed by atoms with Crippen LogP contribution in [0.15, 0.2) is 30.3 Å². The van der Waals surface area contributed by atoms with Crippen molar-refractivity contribution < 1.29 is 0 Å². The normalized spacial score (nSPS) is 22.9. The molecular formula is C12H18N2S. The second kappa shape index (κ2) is 5.54. The predicted molar refractivity (Wildman–Crippen MR) is 66.7 cm³/mol. The topological polar surface area (TPSA) is 38.0 Å². The predicted octanol–water partition coefficient (Wildman–Crippen LogP) is 1.81. The Kier molecular flexibility index (Phi) is 4.06. The average Bonchev–Trinajstić information content (AvgIpc) is 2.81. The van der Waals surface area contributed by atoms with Crippen molar-refractivity contribution in [3.8, 4) is 0 Å². The van der Waals surface area contributed by atoms with Gasteiger partial charge in [-0.3, -0.25) is 11.3 Å². The van der Waals surface area contributed by atoms with Gasteiger partial charge in [0.2, 0.25) is 0 Å². The van der Waals surface area contributed by atoms with Crippen LogP contribution in [0.1, 0.15) is 12.0 Å². The van der Waals surface area contributed by atoms with Gasteiger partial charge in [-0.25, -0.2) is 0 Å². The second-order valence-corrected chi connectivity index (χ2v) is 5.24. The van der Waals surface area contributed by atoms with Gasteiger partial charge < -0.3 is 0 Å². The van der Waals surface area contributed by atoms with Crippen molar-refractivity contribution in [2.45, 2.75) is 18.9 Å². The molecule has 0 radical (unpaired) electrons. The van der Waals surface area contributed by atoms with Crippen LogP contribution in [0.25, 0.3) is 0 Å². The molecule has 1 aromatic rings. The lowest BCUT2D eigenvalue weighted by Crippen LogP contribution is -2.42. The summed E-state index contributed by atoms with van der Waals surface area (Å²) < 4.78 is 0. The van der Waals surface area contributed by atoms with Crippen LogP contribution in [0.4, 0.5) is 0 Å². The van der Waals surface area contributed by atoms with E-state index in [9.17, 15) is 0 Å². The fourth-order valence-corrected chi connectivity index (χ4v) is 3.44. The summed E-state index contributed by atoms with van der Waals surface area (Å²) in [5, 5.41) is 0. The summed E-state index contributed by atoms with van der Waals surface area (Å²) in [5.41, 5.74) is 4.35. The first-order valence-electron chi connectivity index (χ1n) is 5.48. The highest BCUT2D eigenvalue weighted by Gasteiger charge is 2.24. The Bertz CT molecular complexity index is 283. The zero-order valence-corrected chi connectivity index (χ0v) is 9.67. The van der Waals surface area contributed by atoms with E-state index in [1.54, 1.807) is 0 Å². The van der Waals surface area contributed by atoms with Crippen molar-refractivity contribution in [2.24, 2.45) is 11.8 Å². The van der Waals surface area contributed by atoms with Gasteiger partial charge in [0.1, 0.15) is 0 Å². The molecule has 3 N–H and O–H groups in total. The monoisotopic (exact) mass is 222 g/mol. The number of benzene rings is 1. The van der Waals surface area contributed by atoms with Crippen LogP contribution >= 0.6 is 11.8 Å². The van der Waals surface area contributed by atoms with Crippen molar-refractivity contribution in [1.29, 1.82) is 0 Å². The molecule has 1 aliphatic heterocycles. The number of nitrogens with one attached hydrogen (secondary N) is 1. The van der Waals surface area contributed by atoms with Crippen molar-refractivity contribution in [1.82, 2.24) is 5.43 Å². The van der Waals surface area contributed by atoms with E-state index < -0.39 is 0 Å². The van der Waals surface area contributed by atoms with Gasteiger partial charge in [-0.1, -0.05) is 30.3 Å². The Balaban J connectivity index is 1.96.